The number of hydrogen-bond acceptors (Lipinski definition) is 5. The molecule has 2 aromatic rings. The lowest BCUT2D eigenvalue weighted by molar-refractivity contribution is 0.495. The number of piperazine rings is 1. The molecule has 1 aliphatic heterocycles. The quantitative estimate of drug-likeness (QED) is 0.877. The molecule has 0 bridgehead atoms. The van der Waals surface area contributed by atoms with E-state index < -0.39 is 0 Å². The number of nitrogens with zero attached hydrogens (tertiary/aromatic N) is 4. The van der Waals surface area contributed by atoms with Crippen molar-refractivity contribution >= 4 is 5.82 Å². The molecule has 1 unspecified atom stereocenters. The van der Waals surface area contributed by atoms with Gasteiger partial charge in [0.15, 0.2) is 5.82 Å². The van der Waals surface area contributed by atoms with Gasteiger partial charge in [-0.05, 0) is 31.2 Å². The van der Waals surface area contributed by atoms with E-state index >= 15 is 0 Å². The Hall–Kier alpha value is -2.01. The van der Waals surface area contributed by atoms with Gasteiger partial charge in [-0.1, -0.05) is 0 Å². The fraction of sp³-hybridized carbons (Fsp3) is 0.357. The molecule has 2 aromatic heterocycles. The minimum Gasteiger partial charge on any atom is -0.350 e. The van der Waals surface area contributed by atoms with Crippen LogP contribution in [0.25, 0.3) is 11.3 Å². The third kappa shape index (κ3) is 2.56. The fourth-order valence-electron chi connectivity index (χ4n) is 2.33. The van der Waals surface area contributed by atoms with E-state index in [9.17, 15) is 0 Å². The van der Waals surface area contributed by atoms with Crippen molar-refractivity contribution in [3.63, 3.8) is 0 Å². The average molecular weight is 255 g/mol. The van der Waals surface area contributed by atoms with E-state index in [1.165, 1.54) is 0 Å². The smallest absolute Gasteiger partial charge is 0.151 e. The Bertz CT molecular complexity index is 525. The topological polar surface area (TPSA) is 53.9 Å². The molecule has 0 saturated carbocycles. The number of anilines is 1. The number of pyridine rings is 1. The van der Waals surface area contributed by atoms with Gasteiger partial charge in [0.25, 0.3) is 0 Å². The van der Waals surface area contributed by atoms with Gasteiger partial charge in [-0.15, -0.1) is 10.2 Å². The third-order valence-electron chi connectivity index (χ3n) is 3.40. The molecule has 0 aromatic carbocycles. The summed E-state index contributed by atoms with van der Waals surface area (Å²) in [5.41, 5.74) is 1.86. The van der Waals surface area contributed by atoms with Crippen molar-refractivity contribution in [3.8, 4) is 11.3 Å². The number of aromatic nitrogens is 3. The van der Waals surface area contributed by atoms with E-state index in [0.717, 1.165) is 36.7 Å². The van der Waals surface area contributed by atoms with Crippen molar-refractivity contribution in [2.24, 2.45) is 0 Å². The molecule has 0 radical (unpaired) electrons. The van der Waals surface area contributed by atoms with Crippen molar-refractivity contribution in [1.82, 2.24) is 20.5 Å². The number of hydrogen-bond donors (Lipinski definition) is 1. The van der Waals surface area contributed by atoms with Gasteiger partial charge in [-0.2, -0.15) is 0 Å². The van der Waals surface area contributed by atoms with Gasteiger partial charge >= 0.3 is 0 Å². The summed E-state index contributed by atoms with van der Waals surface area (Å²) in [5, 5.41) is 12.0. The first kappa shape index (κ1) is 12.0. The number of nitrogens with one attached hydrogen (secondary N) is 1. The molecule has 0 amide bonds. The second-order valence-corrected chi connectivity index (χ2v) is 4.77. The summed E-state index contributed by atoms with van der Waals surface area (Å²) in [6, 6.07) is 8.39. The maximum absolute atomic E-state index is 4.35. The van der Waals surface area contributed by atoms with Crippen LogP contribution < -0.4 is 10.2 Å². The fourth-order valence-corrected chi connectivity index (χ4v) is 2.33. The summed E-state index contributed by atoms with van der Waals surface area (Å²) < 4.78 is 0. The first-order valence-corrected chi connectivity index (χ1v) is 6.56. The summed E-state index contributed by atoms with van der Waals surface area (Å²) in [6.45, 7) is 5.16. The molecule has 1 saturated heterocycles. The first-order chi connectivity index (χ1) is 9.34. The Morgan fingerprint density at radius 1 is 1.26 bits per heavy atom. The van der Waals surface area contributed by atoms with Crippen LogP contribution in [0.5, 0.6) is 0 Å². The van der Waals surface area contributed by atoms with Crippen LogP contribution in [0.4, 0.5) is 5.82 Å². The highest BCUT2D eigenvalue weighted by atomic mass is 15.3. The van der Waals surface area contributed by atoms with Crippen LogP contribution in [-0.4, -0.2) is 40.9 Å². The number of rotatable bonds is 2. The Morgan fingerprint density at radius 2 is 2.21 bits per heavy atom. The third-order valence-corrected chi connectivity index (χ3v) is 3.40. The highest BCUT2D eigenvalue weighted by Crippen LogP contribution is 2.19. The normalized spacial score (nSPS) is 19.4. The lowest BCUT2D eigenvalue weighted by Gasteiger charge is -2.34. The second-order valence-electron chi connectivity index (χ2n) is 4.77. The zero-order valence-corrected chi connectivity index (χ0v) is 11.0. The minimum absolute atomic E-state index is 0.451. The molecule has 19 heavy (non-hydrogen) atoms. The van der Waals surface area contributed by atoms with Gasteiger partial charge in [-0.25, -0.2) is 0 Å². The Labute approximate surface area is 112 Å². The SMILES string of the molecule is CC1CNCCN1c1ccc(-c2cccnc2)nn1. The molecule has 5 nitrogen and oxygen atoms in total. The van der Waals surface area contributed by atoms with Crippen LogP contribution in [0.1, 0.15) is 6.92 Å². The van der Waals surface area contributed by atoms with E-state index in [4.69, 9.17) is 0 Å². The van der Waals surface area contributed by atoms with Gasteiger partial charge in [0.2, 0.25) is 0 Å². The van der Waals surface area contributed by atoms with Crippen molar-refractivity contribution in [1.29, 1.82) is 0 Å². The Kier molecular flexibility index (Phi) is 3.37. The molecular formula is C14H17N5. The molecule has 0 aliphatic carbocycles. The van der Waals surface area contributed by atoms with Gasteiger partial charge in [0.05, 0.1) is 5.69 Å². The Balaban J connectivity index is 1.83. The predicted octanol–water partition coefficient (Wildman–Crippen LogP) is 1.34. The lowest BCUT2D eigenvalue weighted by atomic mass is 10.2. The highest BCUT2D eigenvalue weighted by molar-refractivity contribution is 5.58. The van der Waals surface area contributed by atoms with Crippen molar-refractivity contribution in [2.75, 3.05) is 24.5 Å². The van der Waals surface area contributed by atoms with Crippen molar-refractivity contribution < 1.29 is 0 Å². The molecule has 1 N–H and O–H groups in total. The molecule has 1 aliphatic rings. The van der Waals surface area contributed by atoms with Gasteiger partial charge in [0, 0.05) is 43.6 Å². The molecule has 1 atom stereocenters. The minimum atomic E-state index is 0.451. The van der Waals surface area contributed by atoms with Crippen LogP contribution in [0.15, 0.2) is 36.7 Å². The zero-order valence-electron chi connectivity index (χ0n) is 11.0. The lowest BCUT2D eigenvalue weighted by Crippen LogP contribution is -2.50. The monoisotopic (exact) mass is 255 g/mol. The zero-order chi connectivity index (χ0) is 13.1. The van der Waals surface area contributed by atoms with E-state index in [1.807, 2.05) is 24.3 Å². The summed E-state index contributed by atoms with van der Waals surface area (Å²) in [7, 11) is 0. The van der Waals surface area contributed by atoms with E-state index in [1.54, 1.807) is 12.4 Å². The first-order valence-electron chi connectivity index (χ1n) is 6.56. The van der Waals surface area contributed by atoms with Crippen LogP contribution in [-0.2, 0) is 0 Å². The van der Waals surface area contributed by atoms with E-state index in [2.05, 4.69) is 32.3 Å². The highest BCUT2D eigenvalue weighted by Gasteiger charge is 2.19. The van der Waals surface area contributed by atoms with Gasteiger partial charge < -0.3 is 10.2 Å². The predicted molar refractivity (Wildman–Crippen MR) is 74.9 cm³/mol. The van der Waals surface area contributed by atoms with Crippen LogP contribution in [0.3, 0.4) is 0 Å². The van der Waals surface area contributed by atoms with Crippen molar-refractivity contribution in [3.05, 3.63) is 36.7 Å². The van der Waals surface area contributed by atoms with E-state index in [-0.39, 0.29) is 0 Å². The molecule has 1 fully saturated rings. The molecule has 3 rings (SSSR count). The van der Waals surface area contributed by atoms with Crippen LogP contribution in [0, 0.1) is 0 Å². The largest absolute Gasteiger partial charge is 0.350 e. The molecular weight excluding hydrogens is 238 g/mol. The molecule has 5 heteroatoms. The molecule has 98 valence electrons. The average Bonchev–Trinajstić information content (AvgIpc) is 2.49. The Morgan fingerprint density at radius 3 is 2.89 bits per heavy atom. The molecule has 0 spiro atoms. The van der Waals surface area contributed by atoms with Crippen molar-refractivity contribution in [2.45, 2.75) is 13.0 Å². The van der Waals surface area contributed by atoms with Crippen LogP contribution in [0.2, 0.25) is 0 Å². The maximum atomic E-state index is 4.35. The second kappa shape index (κ2) is 5.32. The van der Waals surface area contributed by atoms with E-state index in [0.29, 0.717) is 6.04 Å². The van der Waals surface area contributed by atoms with Gasteiger partial charge in [-0.3, -0.25) is 4.98 Å². The van der Waals surface area contributed by atoms with Crippen LogP contribution >= 0.6 is 0 Å². The standard InChI is InChI=1S/C14H17N5/c1-11-9-16-7-8-19(11)14-5-4-13(17-18-14)12-3-2-6-15-10-12/h2-6,10-11,16H,7-9H2,1H3. The maximum Gasteiger partial charge on any atom is 0.151 e. The van der Waals surface area contributed by atoms with Gasteiger partial charge in [0.1, 0.15) is 0 Å². The summed E-state index contributed by atoms with van der Waals surface area (Å²) >= 11 is 0. The molecule has 3 heterocycles. The summed E-state index contributed by atoms with van der Waals surface area (Å²) in [5.74, 6) is 0.946. The summed E-state index contributed by atoms with van der Waals surface area (Å²) in [6.07, 6.45) is 3.56. The summed E-state index contributed by atoms with van der Waals surface area (Å²) in [4.78, 5) is 6.39.